The first kappa shape index (κ1) is 25.9. The van der Waals surface area contributed by atoms with Gasteiger partial charge < -0.3 is 20.3 Å². The number of hydrogen-bond donors (Lipinski definition) is 1. The van der Waals surface area contributed by atoms with Crippen LogP contribution in [0.4, 0.5) is 0 Å². The fraction of sp³-hybridized carbons (Fsp3) is 0.871. The lowest BCUT2D eigenvalue weighted by Crippen LogP contribution is -2.57. The third-order valence-electron chi connectivity index (χ3n) is 12.2. The highest BCUT2D eigenvalue weighted by molar-refractivity contribution is 5.29. The molecule has 0 aromatic heterocycles. The van der Waals surface area contributed by atoms with Crippen molar-refractivity contribution in [2.45, 2.75) is 111 Å². The molecule has 0 aromatic carbocycles. The van der Waals surface area contributed by atoms with Crippen LogP contribution in [0.2, 0.25) is 0 Å². The molecule has 10 unspecified atom stereocenters. The number of fused-ring (bicyclic) bond motifs is 5. The monoisotopic (exact) mass is 483 g/mol. The molecule has 5 rings (SSSR count). The summed E-state index contributed by atoms with van der Waals surface area (Å²) in [5.74, 6) is 3.04. The Hall–Kier alpha value is -0.680. The molecule has 4 aliphatic carbocycles. The van der Waals surface area contributed by atoms with Gasteiger partial charge >= 0.3 is 0 Å². The second-order valence-electron chi connectivity index (χ2n) is 14.1. The van der Waals surface area contributed by atoms with Crippen molar-refractivity contribution >= 4 is 0 Å². The molecule has 0 spiro atoms. The topological polar surface area (TPSA) is 49.8 Å². The molecule has 1 aliphatic heterocycles. The molecule has 0 radical (unpaired) electrons. The second kappa shape index (κ2) is 9.26. The van der Waals surface area contributed by atoms with E-state index in [1.807, 2.05) is 0 Å². The van der Waals surface area contributed by atoms with Gasteiger partial charge in [0.05, 0.1) is 6.10 Å². The van der Waals surface area contributed by atoms with Crippen LogP contribution < -0.4 is 0 Å². The van der Waals surface area contributed by atoms with E-state index in [1.54, 1.807) is 5.57 Å². The Labute approximate surface area is 214 Å². The zero-order valence-corrected chi connectivity index (χ0v) is 23.5. The predicted molar refractivity (Wildman–Crippen MR) is 145 cm³/mol. The van der Waals surface area contributed by atoms with E-state index in [2.05, 4.69) is 59.7 Å². The molecule has 198 valence electrons. The molecular formula is C31H51N2O2-. The summed E-state index contributed by atoms with van der Waals surface area (Å²) in [7, 11) is 4.26. The highest BCUT2D eigenvalue weighted by Crippen LogP contribution is 2.67. The van der Waals surface area contributed by atoms with Crippen molar-refractivity contribution in [1.82, 2.24) is 9.96 Å². The van der Waals surface area contributed by atoms with Gasteiger partial charge in [-0.05, 0) is 133 Å². The third kappa shape index (κ3) is 4.01. The number of nitrogens with zero attached hydrogens (tertiary/aromatic N) is 2. The van der Waals surface area contributed by atoms with Crippen molar-refractivity contribution in [3.63, 3.8) is 0 Å². The van der Waals surface area contributed by atoms with Crippen molar-refractivity contribution in [1.29, 1.82) is 0 Å². The van der Waals surface area contributed by atoms with Crippen LogP contribution in [-0.4, -0.2) is 53.9 Å². The lowest BCUT2D eigenvalue weighted by Gasteiger charge is -2.59. The van der Waals surface area contributed by atoms with Gasteiger partial charge in [0, 0.05) is 12.1 Å². The minimum absolute atomic E-state index is 0.107. The van der Waals surface area contributed by atoms with Gasteiger partial charge in [0.2, 0.25) is 0 Å². The zero-order chi connectivity index (χ0) is 25.3. The summed E-state index contributed by atoms with van der Waals surface area (Å²) in [6, 6.07) is 0.409. The average Bonchev–Trinajstić information content (AvgIpc) is 3.33. The Morgan fingerprint density at radius 3 is 2.49 bits per heavy atom. The van der Waals surface area contributed by atoms with Crippen LogP contribution in [0.1, 0.15) is 92.4 Å². The molecule has 0 amide bonds. The number of hydrogen-bond acceptors (Lipinski definition) is 4. The number of aliphatic hydroxyl groups excluding tert-OH is 1. The summed E-state index contributed by atoms with van der Waals surface area (Å²) in [6.07, 6.45) is 13.0. The Morgan fingerprint density at radius 2 is 1.80 bits per heavy atom. The lowest BCUT2D eigenvalue weighted by molar-refractivity contribution is -0.101. The van der Waals surface area contributed by atoms with Gasteiger partial charge in [-0.3, -0.25) is 0 Å². The van der Waals surface area contributed by atoms with E-state index in [0.717, 1.165) is 25.7 Å². The fourth-order valence-electron chi connectivity index (χ4n) is 10.2. The van der Waals surface area contributed by atoms with Crippen LogP contribution >= 0.6 is 0 Å². The molecule has 4 nitrogen and oxygen atoms in total. The van der Waals surface area contributed by atoms with Crippen LogP contribution in [0.5, 0.6) is 0 Å². The Kier molecular flexibility index (Phi) is 6.86. The van der Waals surface area contributed by atoms with Crippen molar-refractivity contribution in [3.05, 3.63) is 28.0 Å². The van der Waals surface area contributed by atoms with Crippen molar-refractivity contribution in [2.24, 2.45) is 40.4 Å². The largest absolute Gasteiger partial charge is 0.785 e. The molecule has 0 bridgehead atoms. The summed E-state index contributed by atoms with van der Waals surface area (Å²) in [6.45, 7) is 12.6. The van der Waals surface area contributed by atoms with E-state index in [-0.39, 0.29) is 17.6 Å². The van der Waals surface area contributed by atoms with Crippen LogP contribution in [0, 0.1) is 45.6 Å². The summed E-state index contributed by atoms with van der Waals surface area (Å²) < 4.78 is 0. The molecule has 3 saturated carbocycles. The first-order valence-corrected chi connectivity index (χ1v) is 14.6. The van der Waals surface area contributed by atoms with Crippen LogP contribution in [-0.2, 0) is 0 Å². The molecule has 5 aliphatic rings. The number of rotatable bonds is 4. The summed E-state index contributed by atoms with van der Waals surface area (Å²) in [5.41, 5.74) is 5.14. The summed E-state index contributed by atoms with van der Waals surface area (Å²) in [4.78, 5) is 2.25. The predicted octanol–water partition coefficient (Wildman–Crippen LogP) is 6.40. The summed E-state index contributed by atoms with van der Waals surface area (Å²) in [5, 5.41) is 25.4. The molecule has 0 aromatic rings. The van der Waals surface area contributed by atoms with E-state index < -0.39 is 0 Å². The van der Waals surface area contributed by atoms with Crippen LogP contribution in [0.25, 0.3) is 0 Å². The quantitative estimate of drug-likeness (QED) is 0.470. The number of allylic oxidation sites excluding steroid dienone is 3. The minimum atomic E-state index is -0.211. The van der Waals surface area contributed by atoms with Crippen molar-refractivity contribution in [3.8, 4) is 0 Å². The Bertz CT molecular complexity index is 875. The van der Waals surface area contributed by atoms with Crippen molar-refractivity contribution < 1.29 is 5.11 Å². The van der Waals surface area contributed by atoms with E-state index >= 15 is 0 Å². The van der Waals surface area contributed by atoms with Gasteiger partial charge in [-0.25, -0.2) is 0 Å². The second-order valence-corrected chi connectivity index (χ2v) is 14.1. The average molecular weight is 484 g/mol. The smallest absolute Gasteiger partial charge is 0.0731 e. The fourth-order valence-corrected chi connectivity index (χ4v) is 10.2. The Morgan fingerprint density at radius 1 is 1.11 bits per heavy atom. The Balaban J connectivity index is 1.36. The molecule has 1 N–H and O–H groups in total. The molecule has 4 fully saturated rings. The van der Waals surface area contributed by atoms with Gasteiger partial charge in [0.1, 0.15) is 0 Å². The number of likely N-dealkylation sites (N-methyl/N-ethyl adjacent to an activating group) is 1. The van der Waals surface area contributed by atoms with Gasteiger partial charge in [0.15, 0.2) is 0 Å². The van der Waals surface area contributed by atoms with Gasteiger partial charge in [-0.2, -0.15) is 0 Å². The molecule has 1 heterocycles. The van der Waals surface area contributed by atoms with E-state index in [4.69, 9.17) is 0 Å². The molecular weight excluding hydrogens is 432 g/mol. The van der Waals surface area contributed by atoms with E-state index in [9.17, 15) is 10.3 Å². The maximum absolute atomic E-state index is 12.7. The number of aliphatic hydroxyl groups is 1. The van der Waals surface area contributed by atoms with Crippen LogP contribution in [0.3, 0.4) is 0 Å². The minimum Gasteiger partial charge on any atom is -0.785 e. The maximum atomic E-state index is 12.7. The van der Waals surface area contributed by atoms with Crippen molar-refractivity contribution in [2.75, 3.05) is 20.6 Å². The molecule has 1 saturated heterocycles. The highest BCUT2D eigenvalue weighted by Gasteiger charge is 2.59. The molecule has 35 heavy (non-hydrogen) atoms. The van der Waals surface area contributed by atoms with Gasteiger partial charge in [-0.15, -0.1) is 0 Å². The number of hydroxylamine groups is 2. The first-order chi connectivity index (χ1) is 16.5. The third-order valence-corrected chi connectivity index (χ3v) is 12.2. The summed E-state index contributed by atoms with van der Waals surface area (Å²) >= 11 is 0. The lowest BCUT2D eigenvalue weighted by atomic mass is 9.47. The highest BCUT2D eigenvalue weighted by atomic mass is 16.5. The van der Waals surface area contributed by atoms with E-state index in [1.165, 1.54) is 48.3 Å². The maximum Gasteiger partial charge on any atom is 0.0731 e. The normalized spacial score (nSPS) is 46.7. The van der Waals surface area contributed by atoms with Gasteiger partial charge in [-0.1, -0.05) is 43.6 Å². The zero-order valence-electron chi connectivity index (χ0n) is 23.5. The van der Waals surface area contributed by atoms with Crippen LogP contribution in [0.15, 0.2) is 22.8 Å². The molecule has 4 heteroatoms. The standard InChI is InChI=1S/C31H51N2O2/c1-19(2)21-14-17-33(35)28(21)18-20(3)23-10-11-24-22-8-9-26-29(34)27(32(6)7)13-16-31(26,5)25(22)12-15-30(23,24)4/h8,20,23-29,34H,9-18H2,1-7H3/q-1. The molecule has 10 atom stereocenters. The first-order valence-electron chi connectivity index (χ1n) is 14.6. The van der Waals surface area contributed by atoms with E-state index in [0.29, 0.717) is 47.6 Å². The van der Waals surface area contributed by atoms with Gasteiger partial charge in [0.25, 0.3) is 0 Å². The SMILES string of the molecule is CC(C)=C1CCN([O-])C1CC(C)C1CCC2C3=CCC4C(O)C(N(C)C)CCC4(C)C3CCC21C.